The minimum atomic E-state index is -0.173. The second kappa shape index (κ2) is 5.81. The van der Waals surface area contributed by atoms with Gasteiger partial charge in [-0.1, -0.05) is 0 Å². The summed E-state index contributed by atoms with van der Waals surface area (Å²) < 4.78 is 5.66. The molecule has 2 unspecified atom stereocenters. The lowest BCUT2D eigenvalue weighted by Gasteiger charge is -2.49. The molecule has 0 spiro atoms. The first kappa shape index (κ1) is 15.8. The van der Waals surface area contributed by atoms with Gasteiger partial charge in [0.05, 0.1) is 0 Å². The van der Waals surface area contributed by atoms with E-state index < -0.39 is 0 Å². The molecule has 2 aromatic heterocycles. The zero-order valence-corrected chi connectivity index (χ0v) is 14.8. The number of aromatic nitrogens is 1. The second-order valence-electron chi connectivity index (χ2n) is 7.62. The fourth-order valence-corrected chi connectivity index (χ4v) is 4.34. The van der Waals surface area contributed by atoms with Gasteiger partial charge in [0, 0.05) is 42.8 Å². The summed E-state index contributed by atoms with van der Waals surface area (Å²) >= 11 is 0. The smallest absolute Gasteiger partial charge is 0.289 e. The Kier molecular flexibility index (Phi) is 3.53. The van der Waals surface area contributed by atoms with Gasteiger partial charge in [0.1, 0.15) is 11.3 Å². The van der Waals surface area contributed by atoms with Gasteiger partial charge < -0.3 is 14.6 Å². The van der Waals surface area contributed by atoms with Crippen molar-refractivity contribution in [1.82, 2.24) is 20.1 Å². The Hall–Kier alpha value is -2.41. The third-order valence-corrected chi connectivity index (χ3v) is 6.05. The first-order valence-electron chi connectivity index (χ1n) is 9.34. The van der Waals surface area contributed by atoms with Gasteiger partial charge in [0.15, 0.2) is 5.76 Å². The monoisotopic (exact) mass is 354 g/mol. The number of rotatable bonds is 3. The molecule has 7 nitrogen and oxygen atoms in total. The minimum absolute atomic E-state index is 0.103. The largest absolute Gasteiger partial charge is 0.451 e. The predicted octanol–water partition coefficient (Wildman–Crippen LogP) is 1.50. The molecule has 7 heteroatoms. The van der Waals surface area contributed by atoms with E-state index in [1.807, 2.05) is 0 Å². The van der Waals surface area contributed by atoms with E-state index in [-0.39, 0.29) is 17.9 Å². The summed E-state index contributed by atoms with van der Waals surface area (Å²) in [6, 6.07) is 3.85. The second-order valence-corrected chi connectivity index (χ2v) is 7.62. The molecule has 6 heterocycles. The van der Waals surface area contributed by atoms with Crippen LogP contribution in [0.25, 0.3) is 11.0 Å². The van der Waals surface area contributed by atoms with E-state index in [9.17, 15) is 9.59 Å². The molecule has 6 rings (SSSR count). The molecule has 26 heavy (non-hydrogen) atoms. The van der Waals surface area contributed by atoms with Crippen molar-refractivity contribution < 1.29 is 14.0 Å². The first-order chi connectivity index (χ1) is 12.6. The molecule has 2 bridgehead atoms. The lowest BCUT2D eigenvalue weighted by atomic mass is 9.79. The molecule has 4 aliphatic heterocycles. The van der Waals surface area contributed by atoms with Gasteiger partial charge in [-0.3, -0.25) is 19.5 Å². The van der Waals surface area contributed by atoms with Crippen LogP contribution in [0.15, 0.2) is 22.7 Å². The van der Waals surface area contributed by atoms with Crippen LogP contribution < -0.4 is 5.32 Å². The van der Waals surface area contributed by atoms with Gasteiger partial charge in [-0.25, -0.2) is 0 Å². The number of piperidine rings is 3. The van der Waals surface area contributed by atoms with Crippen molar-refractivity contribution in [3.63, 3.8) is 0 Å². The zero-order valence-electron chi connectivity index (χ0n) is 14.8. The van der Waals surface area contributed by atoms with Gasteiger partial charge in [-0.05, 0) is 44.8 Å². The Balaban J connectivity index is 1.36. The van der Waals surface area contributed by atoms with E-state index in [0.29, 0.717) is 29.0 Å². The summed E-state index contributed by atoms with van der Waals surface area (Å²) in [5, 5.41) is 3.92. The SMILES string of the molecule is CC1C(NC(=O)c2cc3oc(C(=O)N4CC4)cc3cn2)C2CCN1CC2. The highest BCUT2D eigenvalue weighted by Crippen LogP contribution is 2.32. The van der Waals surface area contributed by atoms with E-state index in [1.165, 1.54) is 0 Å². The number of pyridine rings is 1. The third kappa shape index (κ3) is 2.58. The number of fused-ring (bicyclic) bond motifs is 4. The van der Waals surface area contributed by atoms with Gasteiger partial charge in [0.25, 0.3) is 11.8 Å². The number of hydrogen-bond acceptors (Lipinski definition) is 5. The highest BCUT2D eigenvalue weighted by Gasteiger charge is 2.40. The molecule has 0 aliphatic carbocycles. The summed E-state index contributed by atoms with van der Waals surface area (Å²) in [5.74, 6) is 0.576. The maximum Gasteiger partial charge on any atom is 0.289 e. The van der Waals surface area contributed by atoms with Crippen molar-refractivity contribution in [2.75, 3.05) is 26.2 Å². The van der Waals surface area contributed by atoms with Crippen molar-refractivity contribution in [3.05, 3.63) is 29.8 Å². The summed E-state index contributed by atoms with van der Waals surface area (Å²) in [4.78, 5) is 33.3. The lowest BCUT2D eigenvalue weighted by Crippen LogP contribution is -2.62. The maximum atomic E-state index is 12.7. The molecular formula is C19H22N4O3. The number of nitrogens with zero attached hydrogens (tertiary/aromatic N) is 3. The van der Waals surface area contributed by atoms with E-state index in [1.54, 1.807) is 23.2 Å². The predicted molar refractivity (Wildman–Crippen MR) is 94.9 cm³/mol. The van der Waals surface area contributed by atoms with Crippen LogP contribution in [0, 0.1) is 5.92 Å². The van der Waals surface area contributed by atoms with Crippen molar-refractivity contribution >= 4 is 22.8 Å². The van der Waals surface area contributed by atoms with Crippen LogP contribution in [0.2, 0.25) is 0 Å². The number of nitrogens with one attached hydrogen (secondary N) is 1. The van der Waals surface area contributed by atoms with Crippen LogP contribution >= 0.6 is 0 Å². The Morgan fingerprint density at radius 2 is 1.96 bits per heavy atom. The standard InChI is InChI=1S/C19H22N4O3/c1-11-17(12-2-4-22(11)5-3-12)21-18(24)14-9-15-13(10-20-14)8-16(26-15)19(25)23-6-7-23/h8-12,17H,2-7H2,1H3,(H,21,24). The highest BCUT2D eigenvalue weighted by molar-refractivity contribution is 5.99. The fraction of sp³-hybridized carbons (Fsp3) is 0.526. The maximum absolute atomic E-state index is 12.7. The Morgan fingerprint density at radius 3 is 2.65 bits per heavy atom. The number of furan rings is 1. The molecule has 4 fully saturated rings. The molecule has 0 radical (unpaired) electrons. The van der Waals surface area contributed by atoms with Crippen molar-refractivity contribution in [1.29, 1.82) is 0 Å². The van der Waals surface area contributed by atoms with E-state index in [2.05, 4.69) is 22.1 Å². The van der Waals surface area contributed by atoms with E-state index in [4.69, 9.17) is 4.42 Å². The van der Waals surface area contributed by atoms with Crippen molar-refractivity contribution in [2.24, 2.45) is 5.92 Å². The molecule has 136 valence electrons. The Bertz CT molecular complexity index is 878. The minimum Gasteiger partial charge on any atom is -0.451 e. The average molecular weight is 354 g/mol. The number of hydrogen-bond donors (Lipinski definition) is 1. The average Bonchev–Trinajstić information content (AvgIpc) is 3.42. The summed E-state index contributed by atoms with van der Waals surface area (Å²) in [6.07, 6.45) is 3.89. The van der Waals surface area contributed by atoms with Crippen LogP contribution in [-0.2, 0) is 0 Å². The molecule has 1 N–H and O–H groups in total. The van der Waals surface area contributed by atoms with Crippen molar-refractivity contribution in [3.8, 4) is 0 Å². The van der Waals surface area contributed by atoms with Crippen LogP contribution in [0.1, 0.15) is 40.8 Å². The van der Waals surface area contributed by atoms with Crippen molar-refractivity contribution in [2.45, 2.75) is 31.8 Å². The number of carbonyl (C=O) groups excluding carboxylic acids is 2. The molecule has 0 saturated carbocycles. The number of amides is 2. The van der Waals surface area contributed by atoms with Gasteiger partial charge in [-0.15, -0.1) is 0 Å². The van der Waals surface area contributed by atoms with Gasteiger partial charge >= 0.3 is 0 Å². The van der Waals surface area contributed by atoms with E-state index in [0.717, 1.165) is 44.4 Å². The Labute approximate surface area is 151 Å². The zero-order chi connectivity index (χ0) is 17.8. The van der Waals surface area contributed by atoms with Crippen LogP contribution in [0.3, 0.4) is 0 Å². The van der Waals surface area contributed by atoms with Gasteiger partial charge in [-0.2, -0.15) is 0 Å². The lowest BCUT2D eigenvalue weighted by molar-refractivity contribution is 0.0216. The van der Waals surface area contributed by atoms with Crippen LogP contribution in [0.5, 0.6) is 0 Å². The normalized spacial score (nSPS) is 29.8. The third-order valence-electron chi connectivity index (χ3n) is 6.05. The molecule has 4 aliphatic rings. The Morgan fingerprint density at radius 1 is 1.19 bits per heavy atom. The number of carbonyl (C=O) groups is 2. The topological polar surface area (TPSA) is 78.5 Å². The molecule has 0 aromatic carbocycles. The van der Waals surface area contributed by atoms with Crippen LogP contribution in [-0.4, -0.2) is 64.9 Å². The van der Waals surface area contributed by atoms with E-state index >= 15 is 0 Å². The molecule has 2 aromatic rings. The summed E-state index contributed by atoms with van der Waals surface area (Å²) in [7, 11) is 0. The molecule has 2 amide bonds. The summed E-state index contributed by atoms with van der Waals surface area (Å²) in [5.41, 5.74) is 0.860. The molecule has 2 atom stereocenters. The van der Waals surface area contributed by atoms with Crippen LogP contribution in [0.4, 0.5) is 0 Å². The summed E-state index contributed by atoms with van der Waals surface area (Å²) in [6.45, 7) is 5.99. The molecular weight excluding hydrogens is 332 g/mol. The quantitative estimate of drug-likeness (QED) is 0.845. The molecule has 4 saturated heterocycles. The highest BCUT2D eigenvalue weighted by atomic mass is 16.3. The first-order valence-corrected chi connectivity index (χ1v) is 9.34. The fourth-order valence-electron chi connectivity index (χ4n) is 4.34. The van der Waals surface area contributed by atoms with Gasteiger partial charge in [0.2, 0.25) is 0 Å².